The number of benzene rings is 2. The largest absolute Gasteiger partial charge is 0.386 e. The highest BCUT2D eigenvalue weighted by Gasteiger charge is 2.33. The third-order valence-corrected chi connectivity index (χ3v) is 5.51. The Balaban J connectivity index is 2.54. The van der Waals surface area contributed by atoms with E-state index in [-0.39, 0.29) is 26.9 Å². The molecule has 3 rings (SSSR count). The fourth-order valence-electron chi connectivity index (χ4n) is 2.16. The highest BCUT2D eigenvalue weighted by atomic mass is 35.5. The van der Waals surface area contributed by atoms with Gasteiger partial charge in [-0.3, -0.25) is 4.55 Å². The number of ether oxygens (including phenoxy) is 1. The first-order valence-electron chi connectivity index (χ1n) is 5.51. The van der Waals surface area contributed by atoms with Gasteiger partial charge in [-0.05, 0) is 12.1 Å². The van der Waals surface area contributed by atoms with Crippen molar-refractivity contribution in [2.75, 3.05) is 0 Å². The summed E-state index contributed by atoms with van der Waals surface area (Å²) in [4.78, 5) is 22.3. The molecule has 0 saturated heterocycles. The lowest BCUT2D eigenvalue weighted by Gasteiger charge is -2.11. The topological polar surface area (TPSA) is 97.7 Å². The van der Waals surface area contributed by atoms with E-state index in [4.69, 9.17) is 34.8 Å². The second-order valence-electron chi connectivity index (χ2n) is 4.37. The Kier molecular flexibility index (Phi) is 3.39. The van der Waals surface area contributed by atoms with Crippen LogP contribution in [-0.4, -0.2) is 24.9 Å². The minimum Gasteiger partial charge on any atom is -0.386 e. The van der Waals surface area contributed by atoms with Crippen LogP contribution in [0.2, 0.25) is 15.1 Å². The van der Waals surface area contributed by atoms with Crippen LogP contribution in [-0.2, 0) is 14.9 Å². The molecule has 1 aliphatic heterocycles. The average molecular weight is 382 g/mol. The molecule has 0 bridgehead atoms. The molecule has 1 aliphatic rings. The first-order valence-corrected chi connectivity index (χ1v) is 8.08. The Bertz CT molecular complexity index is 996. The van der Waals surface area contributed by atoms with Crippen molar-refractivity contribution < 1.29 is 27.3 Å². The molecule has 1 heterocycles. The minimum absolute atomic E-state index is 0.0360. The summed E-state index contributed by atoms with van der Waals surface area (Å²) in [6.07, 6.45) is 0. The van der Waals surface area contributed by atoms with E-state index in [0.717, 1.165) is 6.07 Å². The Labute approximate surface area is 138 Å². The third-order valence-electron chi connectivity index (χ3n) is 3.11. The van der Waals surface area contributed by atoms with E-state index in [2.05, 4.69) is 4.74 Å². The molecule has 1 N–H and O–H groups in total. The SMILES string of the molecule is O=C1OC(=O)c2cc3c(Cl)c(S(=O)(=O)O)c(Cl)c(Cl)c3cc21. The van der Waals surface area contributed by atoms with Crippen LogP contribution in [0.1, 0.15) is 20.7 Å². The van der Waals surface area contributed by atoms with Crippen molar-refractivity contribution >= 4 is 67.6 Å². The van der Waals surface area contributed by atoms with Crippen molar-refractivity contribution in [3.05, 3.63) is 38.3 Å². The molecule has 0 saturated carbocycles. The van der Waals surface area contributed by atoms with Crippen molar-refractivity contribution in [1.82, 2.24) is 0 Å². The predicted molar refractivity (Wildman–Crippen MR) is 78.5 cm³/mol. The van der Waals surface area contributed by atoms with Gasteiger partial charge in [-0.1, -0.05) is 34.8 Å². The lowest BCUT2D eigenvalue weighted by atomic mass is 10.0. The first kappa shape index (κ1) is 15.5. The minimum atomic E-state index is -4.75. The van der Waals surface area contributed by atoms with Crippen LogP contribution in [0.5, 0.6) is 0 Å². The van der Waals surface area contributed by atoms with Crippen molar-refractivity contribution in [3.8, 4) is 0 Å². The van der Waals surface area contributed by atoms with Gasteiger partial charge in [0.1, 0.15) is 4.90 Å². The molecule has 0 unspecified atom stereocenters. The van der Waals surface area contributed by atoms with Gasteiger partial charge in [0.25, 0.3) is 10.1 Å². The number of rotatable bonds is 1. The van der Waals surface area contributed by atoms with E-state index in [1.165, 1.54) is 6.07 Å². The number of hydrogen-bond donors (Lipinski definition) is 1. The standard InChI is InChI=1S/C12H3Cl3O6S/c13-7-3-1-5-6(12(17)21-11(5)16)2-4(3)8(14)10(9(7)15)22(18,19)20/h1-2H,(H,18,19,20). The Hall–Kier alpha value is -1.38. The van der Waals surface area contributed by atoms with Crippen LogP contribution in [0.4, 0.5) is 0 Å². The van der Waals surface area contributed by atoms with E-state index >= 15 is 0 Å². The maximum atomic E-state index is 11.6. The average Bonchev–Trinajstić information content (AvgIpc) is 2.68. The molecule has 2 aromatic rings. The van der Waals surface area contributed by atoms with Crippen LogP contribution in [0.3, 0.4) is 0 Å². The zero-order valence-electron chi connectivity index (χ0n) is 10.2. The molecule has 6 nitrogen and oxygen atoms in total. The molecule has 0 fully saturated rings. The lowest BCUT2D eigenvalue weighted by Crippen LogP contribution is -2.02. The van der Waals surface area contributed by atoms with Crippen molar-refractivity contribution in [2.24, 2.45) is 0 Å². The van der Waals surface area contributed by atoms with E-state index in [1.54, 1.807) is 0 Å². The van der Waals surface area contributed by atoms with Gasteiger partial charge >= 0.3 is 11.9 Å². The Morgan fingerprint density at radius 1 is 0.864 bits per heavy atom. The van der Waals surface area contributed by atoms with Gasteiger partial charge in [-0.25, -0.2) is 9.59 Å². The number of fused-ring (bicyclic) bond motifs is 2. The Morgan fingerprint density at radius 3 is 1.77 bits per heavy atom. The molecule has 0 aromatic heterocycles. The first-order chi connectivity index (χ1) is 10.1. The number of carbonyl (C=O) groups is 2. The summed E-state index contributed by atoms with van der Waals surface area (Å²) in [7, 11) is -4.75. The predicted octanol–water partition coefficient (Wildman–Crippen LogP) is 3.36. The molecule has 0 radical (unpaired) electrons. The number of cyclic esters (lactones) is 2. The van der Waals surface area contributed by atoms with E-state index < -0.39 is 37.0 Å². The molecular formula is C12H3Cl3O6S. The zero-order valence-corrected chi connectivity index (χ0v) is 13.3. The molecule has 0 atom stereocenters. The van der Waals surface area contributed by atoms with Crippen molar-refractivity contribution in [1.29, 1.82) is 0 Å². The smallest absolute Gasteiger partial charge is 0.346 e. The Morgan fingerprint density at radius 2 is 1.32 bits per heavy atom. The highest BCUT2D eigenvalue weighted by Crippen LogP contribution is 2.43. The summed E-state index contributed by atoms with van der Waals surface area (Å²) >= 11 is 17.8. The second-order valence-corrected chi connectivity index (χ2v) is 6.86. The van der Waals surface area contributed by atoms with Gasteiger partial charge in [0.05, 0.1) is 26.2 Å². The van der Waals surface area contributed by atoms with Gasteiger partial charge in [0.15, 0.2) is 0 Å². The summed E-state index contributed by atoms with van der Waals surface area (Å²) in [5, 5.41) is -0.951. The molecule has 0 amide bonds. The fraction of sp³-hybridized carbons (Fsp3) is 0. The van der Waals surface area contributed by atoms with E-state index in [9.17, 15) is 22.6 Å². The van der Waals surface area contributed by atoms with Crippen LogP contribution in [0.15, 0.2) is 17.0 Å². The fourth-order valence-corrected chi connectivity index (χ4v) is 4.21. The molecule has 0 spiro atoms. The summed E-state index contributed by atoms with van der Waals surface area (Å²) in [6.45, 7) is 0. The summed E-state index contributed by atoms with van der Waals surface area (Å²) < 4.78 is 36.5. The normalized spacial score (nSPS) is 14.4. The number of halogens is 3. The maximum Gasteiger partial charge on any atom is 0.346 e. The van der Waals surface area contributed by atoms with Gasteiger partial charge < -0.3 is 4.74 Å². The molecule has 2 aromatic carbocycles. The van der Waals surface area contributed by atoms with Crippen LogP contribution in [0.25, 0.3) is 10.8 Å². The molecular weight excluding hydrogens is 379 g/mol. The summed E-state index contributed by atoms with van der Waals surface area (Å²) in [6, 6.07) is 2.39. The summed E-state index contributed by atoms with van der Waals surface area (Å²) in [5.41, 5.74) is -0.120. The quantitative estimate of drug-likeness (QED) is 0.352. The van der Waals surface area contributed by atoms with Gasteiger partial charge in [0, 0.05) is 10.8 Å². The highest BCUT2D eigenvalue weighted by molar-refractivity contribution is 7.86. The van der Waals surface area contributed by atoms with Crippen molar-refractivity contribution in [2.45, 2.75) is 4.90 Å². The van der Waals surface area contributed by atoms with E-state index in [1.807, 2.05) is 0 Å². The lowest BCUT2D eigenvalue weighted by molar-refractivity contribution is 0.0443. The second kappa shape index (κ2) is 4.81. The monoisotopic (exact) mass is 380 g/mol. The van der Waals surface area contributed by atoms with Gasteiger partial charge in [-0.15, -0.1) is 0 Å². The molecule has 22 heavy (non-hydrogen) atoms. The maximum absolute atomic E-state index is 11.6. The van der Waals surface area contributed by atoms with E-state index in [0.29, 0.717) is 0 Å². The van der Waals surface area contributed by atoms with Gasteiger partial charge in [0.2, 0.25) is 0 Å². The number of esters is 2. The third kappa shape index (κ3) is 2.09. The molecule has 10 heteroatoms. The molecule has 0 aliphatic carbocycles. The van der Waals surface area contributed by atoms with Crippen LogP contribution < -0.4 is 0 Å². The van der Waals surface area contributed by atoms with Crippen molar-refractivity contribution in [3.63, 3.8) is 0 Å². The van der Waals surface area contributed by atoms with Crippen LogP contribution >= 0.6 is 34.8 Å². The zero-order chi connectivity index (χ0) is 16.4. The number of hydrogen-bond acceptors (Lipinski definition) is 5. The van der Waals surface area contributed by atoms with Crippen LogP contribution in [0, 0.1) is 0 Å². The summed E-state index contributed by atoms with van der Waals surface area (Å²) in [5.74, 6) is -1.75. The number of carbonyl (C=O) groups excluding carboxylic acids is 2. The van der Waals surface area contributed by atoms with Gasteiger partial charge in [-0.2, -0.15) is 8.42 Å². The molecule has 114 valence electrons.